The Hall–Kier alpha value is -0.940. The highest BCUT2D eigenvalue weighted by molar-refractivity contribution is 9.10. The first-order valence-electron chi connectivity index (χ1n) is 6.83. The highest BCUT2D eigenvalue weighted by Crippen LogP contribution is 2.25. The maximum Gasteiger partial charge on any atom is 0.234 e. The number of fused-ring (bicyclic) bond motifs is 1. The van der Waals surface area contributed by atoms with E-state index in [2.05, 4.69) is 44.6 Å². The average molecular weight is 323 g/mol. The molecule has 1 fully saturated rings. The summed E-state index contributed by atoms with van der Waals surface area (Å²) in [5.74, 6) is 2.32. The van der Waals surface area contributed by atoms with Gasteiger partial charge in [-0.05, 0) is 40.3 Å². The number of imidazole rings is 1. The third-order valence-corrected chi connectivity index (χ3v) is 4.57. The Morgan fingerprint density at radius 1 is 1.32 bits per heavy atom. The number of halogens is 1. The fraction of sp³-hybridized carbons (Fsp3) is 0.571. The van der Waals surface area contributed by atoms with Gasteiger partial charge < -0.3 is 0 Å². The Balaban J connectivity index is 1.83. The van der Waals surface area contributed by atoms with Gasteiger partial charge in [0.25, 0.3) is 0 Å². The maximum atomic E-state index is 4.62. The molecule has 2 aromatic rings. The fourth-order valence-corrected chi connectivity index (χ4v) is 3.63. The van der Waals surface area contributed by atoms with Gasteiger partial charge in [0.2, 0.25) is 5.78 Å². The van der Waals surface area contributed by atoms with Gasteiger partial charge in [0.15, 0.2) is 0 Å². The normalized spacial score (nSPS) is 25.0. The smallest absolute Gasteiger partial charge is 0.234 e. The molecule has 0 spiro atoms. The quantitative estimate of drug-likeness (QED) is 0.852. The summed E-state index contributed by atoms with van der Waals surface area (Å²) in [7, 11) is 0. The van der Waals surface area contributed by atoms with Crippen molar-refractivity contribution in [3.05, 3.63) is 28.8 Å². The minimum Gasteiger partial charge on any atom is -0.297 e. The fourth-order valence-electron chi connectivity index (χ4n) is 3.14. The molecule has 0 radical (unpaired) electrons. The molecule has 2 atom stereocenters. The van der Waals surface area contributed by atoms with E-state index in [1.807, 2.05) is 16.7 Å². The molecule has 3 rings (SSSR count). The number of likely N-dealkylation sites (tertiary alicyclic amines) is 1. The van der Waals surface area contributed by atoms with Crippen molar-refractivity contribution >= 4 is 21.7 Å². The van der Waals surface area contributed by atoms with Crippen LogP contribution in [0.1, 0.15) is 26.0 Å². The molecule has 0 amide bonds. The van der Waals surface area contributed by atoms with Gasteiger partial charge in [-0.3, -0.25) is 9.30 Å². The second kappa shape index (κ2) is 5.21. The van der Waals surface area contributed by atoms with Gasteiger partial charge in [-0.1, -0.05) is 13.8 Å². The largest absolute Gasteiger partial charge is 0.297 e. The van der Waals surface area contributed by atoms with Gasteiger partial charge in [-0.25, -0.2) is 9.97 Å². The van der Waals surface area contributed by atoms with E-state index in [0.29, 0.717) is 0 Å². The molecule has 5 heteroatoms. The molecule has 0 N–H and O–H groups in total. The second-order valence-electron chi connectivity index (χ2n) is 5.78. The Morgan fingerprint density at radius 3 is 2.74 bits per heavy atom. The van der Waals surface area contributed by atoms with Crippen molar-refractivity contribution in [3.8, 4) is 0 Å². The number of rotatable bonds is 2. The summed E-state index contributed by atoms with van der Waals surface area (Å²) in [6.07, 6.45) is 5.11. The molecule has 1 aliphatic heterocycles. The summed E-state index contributed by atoms with van der Waals surface area (Å²) in [5.41, 5.74) is 1.08. The highest BCUT2D eigenvalue weighted by atomic mass is 79.9. The SMILES string of the molecule is CC1CC(C)CN(Cc2nc3ncccn3c2Br)C1. The topological polar surface area (TPSA) is 33.4 Å². The van der Waals surface area contributed by atoms with Crippen LogP contribution in [0.4, 0.5) is 0 Å². The minimum absolute atomic E-state index is 0.766. The van der Waals surface area contributed by atoms with Crippen molar-refractivity contribution in [3.63, 3.8) is 0 Å². The number of hydrogen-bond donors (Lipinski definition) is 0. The Kier molecular flexibility index (Phi) is 3.58. The van der Waals surface area contributed by atoms with E-state index in [1.165, 1.54) is 6.42 Å². The van der Waals surface area contributed by atoms with Crippen LogP contribution in [-0.2, 0) is 6.54 Å². The van der Waals surface area contributed by atoms with Crippen LogP contribution in [0.15, 0.2) is 23.1 Å². The molecular weight excluding hydrogens is 304 g/mol. The number of aromatic nitrogens is 3. The molecule has 4 nitrogen and oxygen atoms in total. The summed E-state index contributed by atoms with van der Waals surface area (Å²) in [4.78, 5) is 11.4. The van der Waals surface area contributed by atoms with Crippen LogP contribution in [0.3, 0.4) is 0 Å². The van der Waals surface area contributed by atoms with Gasteiger partial charge in [-0.15, -0.1) is 0 Å². The number of nitrogens with zero attached hydrogens (tertiary/aromatic N) is 4. The Morgan fingerprint density at radius 2 is 2.05 bits per heavy atom. The van der Waals surface area contributed by atoms with E-state index in [0.717, 1.165) is 47.5 Å². The minimum atomic E-state index is 0.766. The molecule has 0 aromatic carbocycles. The molecule has 1 aliphatic rings. The lowest BCUT2D eigenvalue weighted by atomic mass is 9.92. The van der Waals surface area contributed by atoms with E-state index in [4.69, 9.17) is 0 Å². The van der Waals surface area contributed by atoms with Crippen LogP contribution in [0.2, 0.25) is 0 Å². The summed E-state index contributed by atoms with van der Waals surface area (Å²) in [6.45, 7) is 7.90. The maximum absolute atomic E-state index is 4.62. The van der Waals surface area contributed by atoms with Gasteiger partial charge in [0, 0.05) is 32.0 Å². The van der Waals surface area contributed by atoms with Crippen LogP contribution in [-0.4, -0.2) is 32.4 Å². The van der Waals surface area contributed by atoms with Crippen molar-refractivity contribution in [2.45, 2.75) is 26.8 Å². The first-order chi connectivity index (χ1) is 9.13. The summed E-state index contributed by atoms with van der Waals surface area (Å²) < 4.78 is 3.02. The zero-order valence-electron chi connectivity index (χ0n) is 11.4. The predicted octanol–water partition coefficient (Wildman–Crippen LogP) is 2.97. The van der Waals surface area contributed by atoms with Gasteiger partial charge >= 0.3 is 0 Å². The van der Waals surface area contributed by atoms with Crippen molar-refractivity contribution in [1.29, 1.82) is 0 Å². The molecule has 19 heavy (non-hydrogen) atoms. The molecular formula is C14H19BrN4. The molecule has 2 aromatic heterocycles. The lowest BCUT2D eigenvalue weighted by Crippen LogP contribution is -2.38. The van der Waals surface area contributed by atoms with E-state index in [9.17, 15) is 0 Å². The summed E-state index contributed by atoms with van der Waals surface area (Å²) in [6, 6.07) is 1.92. The van der Waals surface area contributed by atoms with E-state index < -0.39 is 0 Å². The third-order valence-electron chi connectivity index (χ3n) is 3.73. The summed E-state index contributed by atoms with van der Waals surface area (Å²) >= 11 is 3.64. The first-order valence-corrected chi connectivity index (χ1v) is 7.62. The molecule has 3 heterocycles. The van der Waals surface area contributed by atoms with Crippen molar-refractivity contribution in [2.24, 2.45) is 11.8 Å². The first kappa shape index (κ1) is 13.1. The molecule has 102 valence electrons. The van der Waals surface area contributed by atoms with Gasteiger partial charge in [0.1, 0.15) is 4.60 Å². The monoisotopic (exact) mass is 322 g/mol. The number of hydrogen-bond acceptors (Lipinski definition) is 3. The van der Waals surface area contributed by atoms with Gasteiger partial charge in [-0.2, -0.15) is 0 Å². The van der Waals surface area contributed by atoms with Crippen LogP contribution in [0.25, 0.3) is 5.78 Å². The predicted molar refractivity (Wildman–Crippen MR) is 78.9 cm³/mol. The second-order valence-corrected chi connectivity index (χ2v) is 6.53. The van der Waals surface area contributed by atoms with Crippen molar-refractivity contribution < 1.29 is 0 Å². The van der Waals surface area contributed by atoms with E-state index >= 15 is 0 Å². The molecule has 1 saturated heterocycles. The highest BCUT2D eigenvalue weighted by Gasteiger charge is 2.23. The molecule has 0 bridgehead atoms. The lowest BCUT2D eigenvalue weighted by molar-refractivity contribution is 0.133. The molecule has 0 saturated carbocycles. The lowest BCUT2D eigenvalue weighted by Gasteiger charge is -2.34. The van der Waals surface area contributed by atoms with E-state index in [-0.39, 0.29) is 0 Å². The van der Waals surface area contributed by atoms with Crippen molar-refractivity contribution in [2.75, 3.05) is 13.1 Å². The zero-order chi connectivity index (χ0) is 13.4. The van der Waals surface area contributed by atoms with Gasteiger partial charge in [0.05, 0.1) is 5.69 Å². The van der Waals surface area contributed by atoms with Crippen LogP contribution in [0, 0.1) is 11.8 Å². The Labute approximate surface area is 122 Å². The zero-order valence-corrected chi connectivity index (χ0v) is 13.0. The Bertz CT molecular complexity index is 570. The van der Waals surface area contributed by atoms with E-state index in [1.54, 1.807) is 6.20 Å². The summed E-state index contributed by atoms with van der Waals surface area (Å²) in [5, 5.41) is 0. The average Bonchev–Trinajstić information content (AvgIpc) is 2.66. The van der Waals surface area contributed by atoms with Crippen molar-refractivity contribution in [1.82, 2.24) is 19.3 Å². The third kappa shape index (κ3) is 2.67. The number of piperidine rings is 1. The standard InChI is InChI=1S/C14H19BrN4/c1-10-6-11(2)8-18(7-10)9-12-13(15)19-5-3-4-16-14(19)17-12/h3-5,10-11H,6-9H2,1-2H3. The molecule has 0 aliphatic carbocycles. The van der Waals surface area contributed by atoms with Crippen LogP contribution in [0.5, 0.6) is 0 Å². The van der Waals surface area contributed by atoms with Crippen LogP contribution >= 0.6 is 15.9 Å². The molecule has 2 unspecified atom stereocenters. The van der Waals surface area contributed by atoms with Crippen LogP contribution < -0.4 is 0 Å².